The van der Waals surface area contributed by atoms with Gasteiger partial charge < -0.3 is 10.2 Å². The van der Waals surface area contributed by atoms with Crippen LogP contribution in [-0.4, -0.2) is 32.4 Å². The molecule has 0 atom stereocenters. The van der Waals surface area contributed by atoms with E-state index in [9.17, 15) is 13.2 Å². The molecule has 20 heavy (non-hydrogen) atoms. The Bertz CT molecular complexity index is 575. The summed E-state index contributed by atoms with van der Waals surface area (Å²) >= 11 is 1.08. The van der Waals surface area contributed by atoms with E-state index in [-0.39, 0.29) is 10.2 Å². The van der Waals surface area contributed by atoms with Gasteiger partial charge in [-0.1, -0.05) is 6.92 Å². The number of thiophene rings is 1. The number of nitrogens with two attached hydrogens (primary N) is 1. The molecule has 1 saturated heterocycles. The zero-order chi connectivity index (χ0) is 14.8. The summed E-state index contributed by atoms with van der Waals surface area (Å²) in [6.07, 6.45) is 2.06. The van der Waals surface area contributed by atoms with Gasteiger partial charge in [0.25, 0.3) is 0 Å². The molecule has 0 spiro atoms. The number of carbonyl (C=O) groups is 1. The van der Waals surface area contributed by atoms with Crippen LogP contribution >= 0.6 is 11.3 Å². The average Bonchev–Trinajstić information content (AvgIpc) is 2.85. The van der Waals surface area contributed by atoms with Gasteiger partial charge in [0.05, 0.1) is 6.54 Å². The van der Waals surface area contributed by atoms with Crippen LogP contribution in [0, 0.1) is 5.92 Å². The van der Waals surface area contributed by atoms with Crippen molar-refractivity contribution in [1.82, 2.24) is 10.2 Å². The van der Waals surface area contributed by atoms with E-state index in [2.05, 4.69) is 12.2 Å². The smallest absolute Gasteiger partial charge is 0.317 e. The summed E-state index contributed by atoms with van der Waals surface area (Å²) in [6, 6.07) is 3.04. The van der Waals surface area contributed by atoms with Crippen molar-refractivity contribution in [2.24, 2.45) is 11.1 Å². The van der Waals surface area contributed by atoms with E-state index in [0.29, 0.717) is 12.5 Å². The molecule has 1 aliphatic heterocycles. The molecule has 2 rings (SSSR count). The number of nitrogens with zero attached hydrogens (tertiary/aromatic N) is 1. The maximum absolute atomic E-state index is 12.0. The van der Waals surface area contributed by atoms with E-state index in [1.165, 1.54) is 6.07 Å². The van der Waals surface area contributed by atoms with Crippen molar-refractivity contribution in [3.63, 3.8) is 0 Å². The zero-order valence-corrected chi connectivity index (χ0v) is 13.0. The Morgan fingerprint density at radius 3 is 2.65 bits per heavy atom. The monoisotopic (exact) mass is 317 g/mol. The Hall–Kier alpha value is -1.12. The highest BCUT2D eigenvalue weighted by Gasteiger charge is 2.20. The van der Waals surface area contributed by atoms with Crippen molar-refractivity contribution in [3.8, 4) is 0 Å². The predicted octanol–water partition coefficient (Wildman–Crippen LogP) is 1.34. The zero-order valence-electron chi connectivity index (χ0n) is 11.3. The molecule has 1 fully saturated rings. The fourth-order valence-electron chi connectivity index (χ4n) is 2.09. The second-order valence-corrected chi connectivity index (χ2v) is 8.05. The number of amides is 2. The Labute approximate surface area is 123 Å². The normalized spacial score (nSPS) is 17.2. The summed E-state index contributed by atoms with van der Waals surface area (Å²) < 4.78 is 22.4. The third kappa shape index (κ3) is 3.94. The number of likely N-dealkylation sites (tertiary alicyclic amines) is 1. The molecule has 8 heteroatoms. The van der Waals surface area contributed by atoms with Gasteiger partial charge in [0, 0.05) is 18.0 Å². The second-order valence-electron chi connectivity index (χ2n) is 5.09. The minimum atomic E-state index is -3.65. The largest absolute Gasteiger partial charge is 0.333 e. The lowest BCUT2D eigenvalue weighted by Gasteiger charge is -2.30. The summed E-state index contributed by atoms with van der Waals surface area (Å²) in [6.45, 7) is 4.07. The van der Waals surface area contributed by atoms with Crippen molar-refractivity contribution >= 4 is 27.4 Å². The summed E-state index contributed by atoms with van der Waals surface area (Å²) in [7, 11) is -3.65. The number of primary sulfonamides is 1. The van der Waals surface area contributed by atoms with Crippen LogP contribution in [0.4, 0.5) is 4.79 Å². The quantitative estimate of drug-likeness (QED) is 0.881. The first-order valence-corrected chi connectivity index (χ1v) is 8.87. The van der Waals surface area contributed by atoms with Gasteiger partial charge in [-0.05, 0) is 30.9 Å². The van der Waals surface area contributed by atoms with Crippen LogP contribution in [0.25, 0.3) is 0 Å². The maximum Gasteiger partial charge on any atom is 0.317 e. The molecule has 1 aliphatic rings. The van der Waals surface area contributed by atoms with Crippen molar-refractivity contribution < 1.29 is 13.2 Å². The van der Waals surface area contributed by atoms with Gasteiger partial charge in [-0.3, -0.25) is 0 Å². The van der Waals surface area contributed by atoms with Gasteiger partial charge in [0.15, 0.2) is 0 Å². The first kappa shape index (κ1) is 15.3. The van der Waals surface area contributed by atoms with E-state index in [0.717, 1.165) is 42.1 Å². The summed E-state index contributed by atoms with van der Waals surface area (Å²) in [5.74, 6) is 0.675. The molecule has 2 amide bonds. The van der Waals surface area contributed by atoms with E-state index in [1.807, 2.05) is 0 Å². The van der Waals surface area contributed by atoms with Crippen LogP contribution in [-0.2, 0) is 16.6 Å². The minimum Gasteiger partial charge on any atom is -0.333 e. The first-order valence-electron chi connectivity index (χ1n) is 6.50. The molecule has 0 aromatic carbocycles. The molecule has 0 bridgehead atoms. The standard InChI is InChI=1S/C12H19N3O3S2/c1-9-4-6-15(7-5-9)12(16)14-8-10-2-3-11(19-10)20(13,17)18/h2-3,9H,4-8H2,1H3,(H,14,16)(H2,13,17,18). The lowest BCUT2D eigenvalue weighted by atomic mass is 10.00. The molecule has 0 aliphatic carbocycles. The number of hydrogen-bond donors (Lipinski definition) is 2. The molecule has 1 aromatic heterocycles. The number of rotatable bonds is 3. The van der Waals surface area contributed by atoms with Gasteiger partial charge in [-0.25, -0.2) is 18.4 Å². The molecule has 3 N–H and O–H groups in total. The van der Waals surface area contributed by atoms with E-state index < -0.39 is 10.0 Å². The number of sulfonamides is 1. The lowest BCUT2D eigenvalue weighted by molar-refractivity contribution is 0.173. The van der Waals surface area contributed by atoms with E-state index in [4.69, 9.17) is 5.14 Å². The first-order chi connectivity index (χ1) is 9.36. The fraction of sp³-hybridized carbons (Fsp3) is 0.583. The van der Waals surface area contributed by atoms with Crippen LogP contribution in [0.2, 0.25) is 0 Å². The molecule has 1 aromatic rings. The van der Waals surface area contributed by atoms with Crippen molar-refractivity contribution in [2.45, 2.75) is 30.5 Å². The van der Waals surface area contributed by atoms with Gasteiger partial charge >= 0.3 is 6.03 Å². The third-order valence-corrected chi connectivity index (χ3v) is 5.93. The van der Waals surface area contributed by atoms with Crippen molar-refractivity contribution in [1.29, 1.82) is 0 Å². The average molecular weight is 317 g/mol. The highest BCUT2D eigenvalue weighted by atomic mass is 32.2. The second kappa shape index (κ2) is 6.11. The van der Waals surface area contributed by atoms with Crippen LogP contribution in [0.1, 0.15) is 24.6 Å². The van der Waals surface area contributed by atoms with E-state index in [1.54, 1.807) is 11.0 Å². The third-order valence-electron chi connectivity index (χ3n) is 3.40. The van der Waals surface area contributed by atoms with Gasteiger partial charge in [0.2, 0.25) is 10.0 Å². The molecule has 0 unspecified atom stereocenters. The molecule has 0 saturated carbocycles. The number of carbonyl (C=O) groups excluding carboxylic acids is 1. The molecular weight excluding hydrogens is 298 g/mol. The van der Waals surface area contributed by atoms with Gasteiger partial charge in [-0.15, -0.1) is 11.3 Å². The molecule has 0 radical (unpaired) electrons. The summed E-state index contributed by atoms with van der Waals surface area (Å²) in [4.78, 5) is 14.5. The Morgan fingerprint density at radius 1 is 1.45 bits per heavy atom. The maximum atomic E-state index is 12.0. The highest BCUT2D eigenvalue weighted by molar-refractivity contribution is 7.91. The van der Waals surface area contributed by atoms with Crippen LogP contribution in [0.15, 0.2) is 16.3 Å². The Morgan fingerprint density at radius 2 is 2.10 bits per heavy atom. The Kier molecular flexibility index (Phi) is 4.66. The van der Waals surface area contributed by atoms with Crippen molar-refractivity contribution in [3.05, 3.63) is 17.0 Å². The lowest BCUT2D eigenvalue weighted by Crippen LogP contribution is -2.43. The van der Waals surface area contributed by atoms with Crippen LogP contribution < -0.4 is 10.5 Å². The van der Waals surface area contributed by atoms with Gasteiger partial charge in [-0.2, -0.15) is 0 Å². The number of hydrogen-bond acceptors (Lipinski definition) is 4. The molecule has 112 valence electrons. The minimum absolute atomic E-state index is 0.0949. The van der Waals surface area contributed by atoms with Crippen molar-refractivity contribution in [2.75, 3.05) is 13.1 Å². The number of nitrogens with one attached hydrogen (secondary N) is 1. The number of piperidine rings is 1. The van der Waals surface area contributed by atoms with Crippen LogP contribution in [0.3, 0.4) is 0 Å². The van der Waals surface area contributed by atoms with Gasteiger partial charge in [0.1, 0.15) is 4.21 Å². The SMILES string of the molecule is CC1CCN(C(=O)NCc2ccc(S(N)(=O)=O)s2)CC1. The summed E-state index contributed by atoms with van der Waals surface area (Å²) in [5, 5.41) is 7.85. The van der Waals surface area contributed by atoms with Crippen LogP contribution in [0.5, 0.6) is 0 Å². The molecule has 2 heterocycles. The molecule has 6 nitrogen and oxygen atoms in total. The fourth-order valence-corrected chi connectivity index (χ4v) is 3.81. The highest BCUT2D eigenvalue weighted by Crippen LogP contribution is 2.20. The predicted molar refractivity (Wildman–Crippen MR) is 77.9 cm³/mol. The van der Waals surface area contributed by atoms with E-state index >= 15 is 0 Å². The number of urea groups is 1. The Balaban J connectivity index is 1.86. The topological polar surface area (TPSA) is 92.5 Å². The molecular formula is C12H19N3O3S2. The summed E-state index contributed by atoms with van der Waals surface area (Å²) in [5.41, 5.74) is 0.